The van der Waals surface area contributed by atoms with E-state index in [9.17, 15) is 0 Å². The highest BCUT2D eigenvalue weighted by Gasteiger charge is 2.50. The van der Waals surface area contributed by atoms with Gasteiger partial charge in [-0.15, -0.1) is 0 Å². The lowest BCUT2D eigenvalue weighted by atomic mass is 9.98. The van der Waals surface area contributed by atoms with E-state index in [1.165, 1.54) is 0 Å². The number of nitrogens with two attached hydrogens (primary N) is 1. The van der Waals surface area contributed by atoms with Crippen molar-refractivity contribution in [2.24, 2.45) is 5.73 Å². The second-order valence-corrected chi connectivity index (χ2v) is 7.03. The van der Waals surface area contributed by atoms with Crippen molar-refractivity contribution in [2.45, 2.75) is 15.2 Å². The Morgan fingerprint density at radius 2 is 1.30 bits per heavy atom. The topological polar surface area (TPSA) is 26.0 Å². The van der Waals surface area contributed by atoms with Gasteiger partial charge in [-0.2, -0.15) is 0 Å². The average molecular weight is 349 g/mol. The van der Waals surface area contributed by atoms with Gasteiger partial charge in [0.25, 0.3) is 0 Å². The van der Waals surface area contributed by atoms with Gasteiger partial charge in [-0.1, -0.05) is 101 Å². The van der Waals surface area contributed by atoms with Crippen LogP contribution in [0, 0.1) is 0 Å². The molecule has 0 bridgehead atoms. The van der Waals surface area contributed by atoms with E-state index in [1.807, 2.05) is 36.4 Å². The second-order valence-electron chi connectivity index (χ2n) is 4.38. The molecule has 0 amide bonds. The Balaban J connectivity index is 2.54. The van der Waals surface area contributed by atoms with Gasteiger partial charge >= 0.3 is 0 Å². The summed E-state index contributed by atoms with van der Waals surface area (Å²) in [4.78, 5) is 0. The number of hydrogen-bond donors (Lipinski definition) is 1. The summed E-state index contributed by atoms with van der Waals surface area (Å²) in [6, 6.07) is 16.4. The third-order valence-corrected chi connectivity index (χ3v) is 5.47. The molecule has 0 saturated heterocycles. The molecule has 2 aromatic rings. The average Bonchev–Trinajstić information content (AvgIpc) is 2.47. The van der Waals surface area contributed by atoms with Crippen LogP contribution in [0.1, 0.15) is 16.7 Å². The molecule has 0 atom stereocenters. The summed E-state index contributed by atoms with van der Waals surface area (Å²) < 4.78 is -3.02. The first-order chi connectivity index (χ1) is 9.41. The monoisotopic (exact) mass is 347 g/mol. The first kappa shape index (κ1) is 15.9. The minimum atomic E-state index is -1.52. The second kappa shape index (κ2) is 6.13. The largest absolute Gasteiger partial charge is 0.326 e. The van der Waals surface area contributed by atoms with Gasteiger partial charge in [0.2, 0.25) is 0 Å². The van der Waals surface area contributed by atoms with Crippen molar-refractivity contribution in [1.29, 1.82) is 0 Å². The van der Waals surface area contributed by atoms with E-state index in [2.05, 4.69) is 0 Å². The molecule has 1 nitrogen and oxygen atoms in total. The highest BCUT2D eigenvalue weighted by Crippen LogP contribution is 2.56. The molecule has 0 saturated carbocycles. The van der Waals surface area contributed by atoms with E-state index in [0.29, 0.717) is 17.7 Å². The Morgan fingerprint density at radius 3 is 1.90 bits per heavy atom. The Hall–Kier alpha value is -0.440. The van der Waals surface area contributed by atoms with Gasteiger partial charge in [0.1, 0.15) is 0 Å². The molecule has 0 aromatic heterocycles. The SMILES string of the molecule is NCc1ccccc1C(Cl)(Cl)C(Cl)(Cl)c1ccccc1. The van der Waals surface area contributed by atoms with E-state index in [4.69, 9.17) is 52.1 Å². The first-order valence-corrected chi connectivity index (χ1v) is 7.52. The Bertz CT molecular complexity index is 581. The van der Waals surface area contributed by atoms with Crippen molar-refractivity contribution >= 4 is 46.4 Å². The highest BCUT2D eigenvalue weighted by molar-refractivity contribution is 6.61. The summed E-state index contributed by atoms with van der Waals surface area (Å²) in [5, 5.41) is 0. The van der Waals surface area contributed by atoms with Crippen molar-refractivity contribution in [3.05, 3.63) is 71.3 Å². The standard InChI is InChI=1S/C15H13Cl4N/c16-14(17,12-7-2-1-3-8-12)15(18,19)13-9-5-4-6-11(13)10-20/h1-9H,10,20H2. The number of benzene rings is 2. The normalized spacial score (nSPS) is 12.4. The highest BCUT2D eigenvalue weighted by atomic mass is 35.5. The Labute approximate surface area is 138 Å². The zero-order chi connectivity index (χ0) is 14.8. The van der Waals surface area contributed by atoms with Gasteiger partial charge in [0, 0.05) is 6.54 Å². The summed E-state index contributed by atoms with van der Waals surface area (Å²) in [6.45, 7) is 0.302. The molecule has 2 rings (SSSR count). The van der Waals surface area contributed by atoms with Gasteiger partial charge in [0.15, 0.2) is 8.67 Å². The molecular weight excluding hydrogens is 336 g/mol. The molecule has 0 aliphatic heterocycles. The van der Waals surface area contributed by atoms with Gasteiger partial charge < -0.3 is 5.73 Å². The minimum Gasteiger partial charge on any atom is -0.326 e. The number of rotatable bonds is 4. The molecule has 0 spiro atoms. The number of alkyl halides is 4. The lowest BCUT2D eigenvalue weighted by molar-refractivity contribution is 0.721. The Morgan fingerprint density at radius 1 is 0.750 bits per heavy atom. The summed E-state index contributed by atoms with van der Waals surface area (Å²) in [7, 11) is 0. The number of halogens is 4. The molecule has 0 fully saturated rings. The van der Waals surface area contributed by atoms with Crippen molar-refractivity contribution in [3.8, 4) is 0 Å². The maximum Gasteiger partial charge on any atom is 0.180 e. The van der Waals surface area contributed by atoms with Crippen LogP contribution >= 0.6 is 46.4 Å². The van der Waals surface area contributed by atoms with Crippen molar-refractivity contribution in [2.75, 3.05) is 0 Å². The molecule has 0 heterocycles. The predicted octanol–water partition coefficient (Wildman–Crippen LogP) is 5.11. The molecule has 0 aliphatic carbocycles. The maximum absolute atomic E-state index is 6.52. The van der Waals surface area contributed by atoms with E-state index < -0.39 is 8.67 Å². The third-order valence-electron chi connectivity index (χ3n) is 3.11. The molecule has 20 heavy (non-hydrogen) atoms. The fraction of sp³-hybridized carbons (Fsp3) is 0.200. The van der Waals surface area contributed by atoms with Crippen molar-refractivity contribution in [1.82, 2.24) is 0 Å². The van der Waals surface area contributed by atoms with Crippen LogP contribution in [0.2, 0.25) is 0 Å². The number of hydrogen-bond acceptors (Lipinski definition) is 1. The fourth-order valence-electron chi connectivity index (χ4n) is 2.00. The summed E-state index contributed by atoms with van der Waals surface area (Å²) in [5.74, 6) is 0. The van der Waals surface area contributed by atoms with Crippen molar-refractivity contribution < 1.29 is 0 Å². The summed E-state index contributed by atoms with van der Waals surface area (Å²) >= 11 is 26.0. The lowest BCUT2D eigenvalue weighted by Gasteiger charge is -2.34. The summed E-state index contributed by atoms with van der Waals surface area (Å²) in [5.41, 5.74) is 7.77. The quantitative estimate of drug-likeness (QED) is 0.763. The zero-order valence-electron chi connectivity index (χ0n) is 10.5. The van der Waals surface area contributed by atoms with Gasteiger partial charge in [-0.05, 0) is 16.7 Å². The van der Waals surface area contributed by atoms with Crippen LogP contribution < -0.4 is 5.73 Å². The van der Waals surface area contributed by atoms with Gasteiger partial charge in [-0.3, -0.25) is 0 Å². The van der Waals surface area contributed by atoms with Crippen LogP contribution in [0.25, 0.3) is 0 Å². The van der Waals surface area contributed by atoms with Crippen LogP contribution in [-0.4, -0.2) is 0 Å². The van der Waals surface area contributed by atoms with E-state index in [-0.39, 0.29) is 0 Å². The molecule has 2 aromatic carbocycles. The van der Waals surface area contributed by atoms with Crippen LogP contribution in [0.15, 0.2) is 54.6 Å². The molecule has 0 aliphatic rings. The van der Waals surface area contributed by atoms with Crippen LogP contribution in [0.3, 0.4) is 0 Å². The smallest absolute Gasteiger partial charge is 0.180 e. The molecular formula is C15H13Cl4N. The maximum atomic E-state index is 6.52. The minimum absolute atomic E-state index is 0.302. The zero-order valence-corrected chi connectivity index (χ0v) is 13.5. The van der Waals surface area contributed by atoms with Crippen LogP contribution in [0.4, 0.5) is 0 Å². The van der Waals surface area contributed by atoms with Crippen LogP contribution in [-0.2, 0) is 15.2 Å². The lowest BCUT2D eigenvalue weighted by Crippen LogP contribution is -2.33. The summed E-state index contributed by atoms with van der Waals surface area (Å²) in [6.07, 6.45) is 0. The van der Waals surface area contributed by atoms with Crippen LogP contribution in [0.5, 0.6) is 0 Å². The van der Waals surface area contributed by atoms with E-state index in [1.54, 1.807) is 18.2 Å². The molecule has 0 radical (unpaired) electrons. The molecule has 5 heteroatoms. The van der Waals surface area contributed by atoms with E-state index in [0.717, 1.165) is 5.56 Å². The Kier molecular flexibility index (Phi) is 4.88. The molecule has 106 valence electrons. The third kappa shape index (κ3) is 2.79. The molecule has 2 N–H and O–H groups in total. The fourth-order valence-corrected chi connectivity index (χ4v) is 3.05. The van der Waals surface area contributed by atoms with Gasteiger partial charge in [0.05, 0.1) is 0 Å². The van der Waals surface area contributed by atoms with Gasteiger partial charge in [-0.25, -0.2) is 0 Å². The van der Waals surface area contributed by atoms with Crippen molar-refractivity contribution in [3.63, 3.8) is 0 Å². The first-order valence-electron chi connectivity index (χ1n) is 6.01. The van der Waals surface area contributed by atoms with E-state index >= 15 is 0 Å². The predicted molar refractivity (Wildman–Crippen MR) is 87.5 cm³/mol. The molecule has 0 unspecified atom stereocenters.